The van der Waals surface area contributed by atoms with Gasteiger partial charge < -0.3 is 14.2 Å². The largest absolute Gasteiger partial charge is 0.598 e. The number of aromatic nitrogens is 1. The second kappa shape index (κ2) is 10.1. The maximum absolute atomic E-state index is 13.8. The van der Waals surface area contributed by atoms with Crippen molar-refractivity contribution >= 4 is 46.1 Å². The van der Waals surface area contributed by atoms with E-state index in [2.05, 4.69) is 9.71 Å². The SMILES string of the molecule is CCOC(=O)C1=C2C[C@H](N[S+]([O-])C(C)C)CN2C(c2nccs2)=N[C@H]1c1ccc(F)cc1Cl. The lowest BCUT2D eigenvalue weighted by molar-refractivity contribution is -0.139. The topological polar surface area (TPSA) is 89.9 Å². The highest BCUT2D eigenvalue weighted by molar-refractivity contribution is 7.90. The van der Waals surface area contributed by atoms with Gasteiger partial charge in [-0.25, -0.2) is 14.2 Å². The van der Waals surface area contributed by atoms with Crippen LogP contribution in [0.25, 0.3) is 0 Å². The molecule has 11 heteroatoms. The van der Waals surface area contributed by atoms with E-state index in [-0.39, 0.29) is 22.9 Å². The number of halogens is 2. The van der Waals surface area contributed by atoms with E-state index in [1.54, 1.807) is 19.2 Å². The lowest BCUT2D eigenvalue weighted by Crippen LogP contribution is -2.42. The normalized spacial score (nSPS) is 21.3. The van der Waals surface area contributed by atoms with Gasteiger partial charge in [0, 0.05) is 52.2 Å². The number of carbonyl (C=O) groups excluding carboxylic acids is 1. The van der Waals surface area contributed by atoms with Gasteiger partial charge in [-0.05, 0) is 32.9 Å². The van der Waals surface area contributed by atoms with E-state index in [9.17, 15) is 13.7 Å². The molecule has 2 aromatic rings. The number of rotatable bonds is 7. The van der Waals surface area contributed by atoms with Crippen molar-refractivity contribution < 1.29 is 18.5 Å². The number of amidine groups is 1. The highest BCUT2D eigenvalue weighted by Crippen LogP contribution is 2.42. The fraction of sp³-hybridized carbons (Fsp3) is 0.409. The van der Waals surface area contributed by atoms with Crippen LogP contribution in [0.5, 0.6) is 0 Å². The van der Waals surface area contributed by atoms with Crippen molar-refractivity contribution in [3.8, 4) is 0 Å². The van der Waals surface area contributed by atoms with Crippen molar-refractivity contribution in [2.45, 2.75) is 44.5 Å². The fourth-order valence-corrected chi connectivity index (χ4v) is 5.56. The second-order valence-electron chi connectivity index (χ2n) is 7.91. The highest BCUT2D eigenvalue weighted by atomic mass is 35.5. The molecule has 4 rings (SSSR count). The lowest BCUT2D eigenvalue weighted by Gasteiger charge is -2.31. The number of aliphatic imine (C=N–C) groups is 1. The summed E-state index contributed by atoms with van der Waals surface area (Å²) in [7, 11) is 0. The molecule has 0 saturated carbocycles. The summed E-state index contributed by atoms with van der Waals surface area (Å²) in [5.41, 5.74) is 1.58. The summed E-state index contributed by atoms with van der Waals surface area (Å²) >= 11 is 6.59. The van der Waals surface area contributed by atoms with E-state index in [1.165, 1.54) is 23.5 Å². The molecule has 1 saturated heterocycles. The Morgan fingerprint density at radius 1 is 1.48 bits per heavy atom. The van der Waals surface area contributed by atoms with Crippen LogP contribution in [0, 0.1) is 5.82 Å². The van der Waals surface area contributed by atoms with Crippen molar-refractivity contribution in [2.24, 2.45) is 4.99 Å². The first-order valence-electron chi connectivity index (χ1n) is 10.6. The number of nitrogens with zero attached hydrogens (tertiary/aromatic N) is 3. The zero-order valence-electron chi connectivity index (χ0n) is 18.4. The average molecular weight is 511 g/mol. The van der Waals surface area contributed by atoms with Gasteiger partial charge in [0.05, 0.1) is 18.2 Å². The summed E-state index contributed by atoms with van der Waals surface area (Å²) in [5, 5.41) is 2.65. The molecule has 1 aromatic carbocycles. The number of hydrogen-bond acceptors (Lipinski definition) is 8. The minimum Gasteiger partial charge on any atom is -0.598 e. The zero-order valence-corrected chi connectivity index (χ0v) is 20.8. The van der Waals surface area contributed by atoms with Gasteiger partial charge in [0.2, 0.25) is 0 Å². The first-order chi connectivity index (χ1) is 15.8. The predicted molar refractivity (Wildman–Crippen MR) is 128 cm³/mol. The van der Waals surface area contributed by atoms with Gasteiger partial charge in [0.1, 0.15) is 17.1 Å². The van der Waals surface area contributed by atoms with Crippen LogP contribution >= 0.6 is 22.9 Å². The quantitative estimate of drug-likeness (QED) is 0.447. The van der Waals surface area contributed by atoms with Crippen LogP contribution in [0.15, 0.2) is 46.0 Å². The molecule has 2 aliphatic rings. The summed E-state index contributed by atoms with van der Waals surface area (Å²) < 4.78 is 34.8. The summed E-state index contributed by atoms with van der Waals surface area (Å²) in [6.45, 7) is 6.16. The Kier molecular flexibility index (Phi) is 7.40. The van der Waals surface area contributed by atoms with Crippen LogP contribution in [0.4, 0.5) is 4.39 Å². The molecule has 2 aliphatic heterocycles. The molecule has 1 unspecified atom stereocenters. The molecular weight excluding hydrogens is 487 g/mol. The molecule has 3 heterocycles. The molecule has 0 amide bonds. The van der Waals surface area contributed by atoms with E-state index in [0.29, 0.717) is 34.9 Å². The summed E-state index contributed by atoms with van der Waals surface area (Å²) in [4.78, 5) is 24.4. The Bertz CT molecular complexity index is 1090. The summed E-state index contributed by atoms with van der Waals surface area (Å²) in [5.74, 6) is -0.384. The van der Waals surface area contributed by atoms with Crippen LogP contribution in [-0.4, -0.2) is 50.7 Å². The van der Waals surface area contributed by atoms with E-state index >= 15 is 0 Å². The van der Waals surface area contributed by atoms with Gasteiger partial charge in [-0.15, -0.1) is 16.1 Å². The second-order valence-corrected chi connectivity index (χ2v) is 11.0. The number of carbonyl (C=O) groups is 1. The lowest BCUT2D eigenvalue weighted by atomic mass is 9.94. The Hall–Kier alpha value is -1.98. The van der Waals surface area contributed by atoms with Gasteiger partial charge in [-0.1, -0.05) is 17.7 Å². The van der Waals surface area contributed by atoms with Gasteiger partial charge in [0.25, 0.3) is 0 Å². The van der Waals surface area contributed by atoms with E-state index in [0.717, 1.165) is 5.70 Å². The standard InChI is InChI=1S/C22H24ClFN4O3S2/c1-4-31-22(29)18-17-10-14(27-33(30)12(2)3)11-28(17)20(21-25-7-8-32-21)26-19(18)15-6-5-13(24)9-16(15)23/h5-9,12,14,19,27H,4,10-11H2,1-3H3/t14-,19-,33?/m0/s1. The van der Waals surface area contributed by atoms with Crippen molar-refractivity contribution in [3.63, 3.8) is 0 Å². The van der Waals surface area contributed by atoms with Crippen LogP contribution < -0.4 is 4.72 Å². The first kappa shape index (κ1) is 24.2. The van der Waals surface area contributed by atoms with Gasteiger partial charge in [-0.3, -0.25) is 4.99 Å². The number of thiazole rings is 1. The molecule has 1 fully saturated rings. The number of ether oxygens (including phenoxy) is 1. The molecule has 0 spiro atoms. The number of nitrogens with one attached hydrogen (secondary N) is 1. The van der Waals surface area contributed by atoms with Crippen LogP contribution in [0.3, 0.4) is 0 Å². The van der Waals surface area contributed by atoms with Crippen molar-refractivity contribution in [1.29, 1.82) is 0 Å². The molecule has 3 atom stereocenters. The van der Waals surface area contributed by atoms with Crippen LogP contribution in [-0.2, 0) is 20.9 Å². The Labute approximate surface area is 204 Å². The average Bonchev–Trinajstić information content (AvgIpc) is 3.42. The van der Waals surface area contributed by atoms with E-state index in [4.69, 9.17) is 21.3 Å². The highest BCUT2D eigenvalue weighted by Gasteiger charge is 2.43. The minimum atomic E-state index is -1.23. The monoisotopic (exact) mass is 510 g/mol. The maximum atomic E-state index is 13.8. The fourth-order valence-electron chi connectivity index (χ4n) is 3.89. The van der Waals surface area contributed by atoms with E-state index < -0.39 is 29.2 Å². The number of fused-ring (bicyclic) bond motifs is 1. The Morgan fingerprint density at radius 3 is 2.91 bits per heavy atom. The number of benzene rings is 1. The maximum Gasteiger partial charge on any atom is 0.338 e. The van der Waals surface area contributed by atoms with Crippen molar-refractivity contribution in [2.75, 3.05) is 13.2 Å². The molecule has 0 radical (unpaired) electrons. The molecule has 0 aliphatic carbocycles. The smallest absolute Gasteiger partial charge is 0.338 e. The van der Waals surface area contributed by atoms with Gasteiger partial charge in [0.15, 0.2) is 10.8 Å². The Balaban J connectivity index is 1.84. The third-order valence-corrected chi connectivity index (χ3v) is 7.87. The molecule has 1 N–H and O–H groups in total. The van der Waals surface area contributed by atoms with Gasteiger partial charge >= 0.3 is 5.97 Å². The van der Waals surface area contributed by atoms with Crippen LogP contribution in [0.1, 0.15) is 43.8 Å². The predicted octanol–water partition coefficient (Wildman–Crippen LogP) is 3.99. The summed E-state index contributed by atoms with van der Waals surface area (Å²) in [6, 6.07) is 3.10. The van der Waals surface area contributed by atoms with E-state index in [1.807, 2.05) is 24.1 Å². The molecule has 1 aromatic heterocycles. The summed E-state index contributed by atoms with van der Waals surface area (Å²) in [6.07, 6.45) is 2.14. The van der Waals surface area contributed by atoms with Crippen molar-refractivity contribution in [3.05, 3.63) is 62.5 Å². The Morgan fingerprint density at radius 2 is 2.27 bits per heavy atom. The third-order valence-electron chi connectivity index (χ3n) is 5.35. The number of hydrogen-bond donors (Lipinski definition) is 1. The van der Waals surface area contributed by atoms with Crippen molar-refractivity contribution in [1.82, 2.24) is 14.6 Å². The van der Waals surface area contributed by atoms with Gasteiger partial charge in [-0.2, -0.15) is 0 Å². The molecule has 176 valence electrons. The minimum absolute atomic E-state index is 0.0565. The third kappa shape index (κ3) is 4.95. The molecule has 33 heavy (non-hydrogen) atoms. The number of esters is 1. The zero-order chi connectivity index (χ0) is 23.7. The van der Waals surface area contributed by atoms with Crippen LogP contribution in [0.2, 0.25) is 5.02 Å². The first-order valence-corrected chi connectivity index (χ1v) is 13.0. The molecule has 7 nitrogen and oxygen atoms in total. The molecule has 0 bridgehead atoms. The molecular formula is C22H24ClFN4O3S2.